The number of guanidine groups is 1. The van der Waals surface area contributed by atoms with Crippen molar-refractivity contribution in [1.29, 1.82) is 0 Å². The standard InChI is InChI=1S/C10H16N4S.HI/c1-6-9(15-7(2)13-6)5-12-10(11)14-8-3-4-8;/h8H,3-5H2,1-2H3,(H3,11,12,14);1H. The molecule has 0 aliphatic heterocycles. The number of hydrogen-bond donors (Lipinski definition) is 2. The molecule has 2 rings (SSSR count). The van der Waals surface area contributed by atoms with Crippen molar-refractivity contribution < 1.29 is 0 Å². The Labute approximate surface area is 117 Å². The molecule has 0 aromatic carbocycles. The van der Waals surface area contributed by atoms with Crippen LogP contribution in [0.15, 0.2) is 4.99 Å². The fourth-order valence-corrected chi connectivity index (χ4v) is 2.22. The Kier molecular flexibility index (Phi) is 4.97. The van der Waals surface area contributed by atoms with Gasteiger partial charge in [-0.25, -0.2) is 9.98 Å². The third-order valence-corrected chi connectivity index (χ3v) is 3.38. The maximum Gasteiger partial charge on any atom is 0.189 e. The monoisotopic (exact) mass is 352 g/mol. The summed E-state index contributed by atoms with van der Waals surface area (Å²) in [5, 5.41) is 4.25. The van der Waals surface area contributed by atoms with Crippen LogP contribution in [0, 0.1) is 13.8 Å². The van der Waals surface area contributed by atoms with Gasteiger partial charge in [0.2, 0.25) is 0 Å². The van der Waals surface area contributed by atoms with E-state index >= 15 is 0 Å². The maximum absolute atomic E-state index is 5.74. The summed E-state index contributed by atoms with van der Waals surface area (Å²) in [6.45, 7) is 4.67. The van der Waals surface area contributed by atoms with E-state index in [1.54, 1.807) is 11.3 Å². The van der Waals surface area contributed by atoms with Crippen molar-refractivity contribution >= 4 is 41.3 Å². The van der Waals surface area contributed by atoms with Crippen molar-refractivity contribution in [2.75, 3.05) is 0 Å². The minimum Gasteiger partial charge on any atom is -0.370 e. The molecule has 1 aromatic rings. The highest BCUT2D eigenvalue weighted by Crippen LogP contribution is 2.19. The number of thiazole rings is 1. The Hall–Kier alpha value is -0.370. The molecule has 1 fully saturated rings. The van der Waals surface area contributed by atoms with E-state index in [2.05, 4.69) is 15.3 Å². The molecule has 4 nitrogen and oxygen atoms in total. The van der Waals surface area contributed by atoms with Gasteiger partial charge in [-0.15, -0.1) is 35.3 Å². The average Bonchev–Trinajstić information content (AvgIpc) is 2.89. The van der Waals surface area contributed by atoms with Gasteiger partial charge in [0.05, 0.1) is 17.2 Å². The predicted octanol–water partition coefficient (Wildman–Crippen LogP) is 1.94. The Bertz CT molecular complexity index is 384. The molecule has 16 heavy (non-hydrogen) atoms. The second kappa shape index (κ2) is 5.81. The lowest BCUT2D eigenvalue weighted by Gasteiger charge is -2.01. The Morgan fingerprint density at radius 3 is 2.75 bits per heavy atom. The highest BCUT2D eigenvalue weighted by Gasteiger charge is 2.21. The normalized spacial score (nSPS) is 15.8. The minimum atomic E-state index is 0. The summed E-state index contributed by atoms with van der Waals surface area (Å²) >= 11 is 1.69. The van der Waals surface area contributed by atoms with E-state index in [1.807, 2.05) is 13.8 Å². The molecule has 0 amide bonds. The van der Waals surface area contributed by atoms with Crippen LogP contribution in [0.1, 0.15) is 28.4 Å². The first-order chi connectivity index (χ1) is 7.15. The van der Waals surface area contributed by atoms with Gasteiger partial charge >= 0.3 is 0 Å². The zero-order valence-corrected chi connectivity index (χ0v) is 12.6. The van der Waals surface area contributed by atoms with Crippen LogP contribution in [0.4, 0.5) is 0 Å². The summed E-state index contributed by atoms with van der Waals surface area (Å²) in [5.74, 6) is 0.558. The maximum atomic E-state index is 5.74. The van der Waals surface area contributed by atoms with Crippen molar-refractivity contribution in [2.24, 2.45) is 10.7 Å². The van der Waals surface area contributed by atoms with Gasteiger partial charge in [0.25, 0.3) is 0 Å². The van der Waals surface area contributed by atoms with Crippen LogP contribution in [0.2, 0.25) is 0 Å². The van der Waals surface area contributed by atoms with Gasteiger partial charge in [-0.05, 0) is 26.7 Å². The van der Waals surface area contributed by atoms with E-state index in [9.17, 15) is 0 Å². The molecule has 0 radical (unpaired) electrons. The molecule has 1 heterocycles. The summed E-state index contributed by atoms with van der Waals surface area (Å²) in [5.41, 5.74) is 6.81. The van der Waals surface area contributed by atoms with E-state index in [0.29, 0.717) is 18.5 Å². The first kappa shape index (κ1) is 13.7. The number of hydrogen-bond acceptors (Lipinski definition) is 3. The minimum absolute atomic E-state index is 0. The van der Waals surface area contributed by atoms with Crippen molar-refractivity contribution in [2.45, 2.75) is 39.3 Å². The van der Waals surface area contributed by atoms with Crippen LogP contribution in [0.25, 0.3) is 0 Å². The zero-order chi connectivity index (χ0) is 10.8. The lowest BCUT2D eigenvalue weighted by atomic mass is 10.4. The van der Waals surface area contributed by atoms with Crippen molar-refractivity contribution in [1.82, 2.24) is 10.3 Å². The number of rotatable bonds is 3. The van der Waals surface area contributed by atoms with Gasteiger partial charge in [-0.2, -0.15) is 0 Å². The molecule has 0 unspecified atom stereocenters. The van der Waals surface area contributed by atoms with Gasteiger partial charge in [0.15, 0.2) is 5.96 Å². The summed E-state index contributed by atoms with van der Waals surface area (Å²) < 4.78 is 0. The molecular weight excluding hydrogens is 335 g/mol. The quantitative estimate of drug-likeness (QED) is 0.497. The Morgan fingerprint density at radius 1 is 1.56 bits per heavy atom. The first-order valence-corrected chi connectivity index (χ1v) is 5.96. The van der Waals surface area contributed by atoms with E-state index in [0.717, 1.165) is 10.7 Å². The van der Waals surface area contributed by atoms with Gasteiger partial charge in [0, 0.05) is 10.9 Å². The molecule has 0 saturated heterocycles. The molecule has 0 bridgehead atoms. The molecule has 0 atom stereocenters. The van der Waals surface area contributed by atoms with Gasteiger partial charge in [-0.1, -0.05) is 0 Å². The van der Waals surface area contributed by atoms with Crippen LogP contribution in [-0.2, 0) is 6.54 Å². The van der Waals surface area contributed by atoms with Crippen LogP contribution >= 0.6 is 35.3 Å². The van der Waals surface area contributed by atoms with E-state index < -0.39 is 0 Å². The van der Waals surface area contributed by atoms with Crippen LogP contribution in [0.3, 0.4) is 0 Å². The smallest absolute Gasteiger partial charge is 0.189 e. The largest absolute Gasteiger partial charge is 0.370 e. The number of aryl methyl sites for hydroxylation is 2. The third-order valence-electron chi connectivity index (χ3n) is 2.32. The van der Waals surface area contributed by atoms with Gasteiger partial charge < -0.3 is 11.1 Å². The number of aromatic nitrogens is 1. The molecular formula is C10H17IN4S. The fourth-order valence-electron chi connectivity index (χ4n) is 1.36. The number of nitrogens with zero attached hydrogens (tertiary/aromatic N) is 2. The van der Waals surface area contributed by atoms with Crippen molar-refractivity contribution in [3.63, 3.8) is 0 Å². The Morgan fingerprint density at radius 2 is 2.25 bits per heavy atom. The second-order valence-electron chi connectivity index (χ2n) is 3.86. The zero-order valence-electron chi connectivity index (χ0n) is 9.49. The van der Waals surface area contributed by atoms with Gasteiger partial charge in [-0.3, -0.25) is 0 Å². The van der Waals surface area contributed by atoms with E-state index in [-0.39, 0.29) is 24.0 Å². The van der Waals surface area contributed by atoms with E-state index in [1.165, 1.54) is 17.7 Å². The third kappa shape index (κ3) is 3.89. The topological polar surface area (TPSA) is 63.3 Å². The molecule has 1 aliphatic rings. The molecule has 90 valence electrons. The number of nitrogens with one attached hydrogen (secondary N) is 1. The van der Waals surface area contributed by atoms with Gasteiger partial charge in [0.1, 0.15) is 0 Å². The first-order valence-electron chi connectivity index (χ1n) is 5.14. The summed E-state index contributed by atoms with van der Waals surface area (Å²) in [4.78, 5) is 9.85. The van der Waals surface area contributed by atoms with E-state index in [4.69, 9.17) is 5.73 Å². The lowest BCUT2D eigenvalue weighted by molar-refractivity contribution is 0.879. The molecule has 1 saturated carbocycles. The molecule has 1 aromatic heterocycles. The molecule has 3 N–H and O–H groups in total. The highest BCUT2D eigenvalue weighted by molar-refractivity contribution is 14.0. The van der Waals surface area contributed by atoms with Crippen LogP contribution in [0.5, 0.6) is 0 Å². The molecule has 1 aliphatic carbocycles. The van der Waals surface area contributed by atoms with Crippen LogP contribution < -0.4 is 11.1 Å². The molecule has 6 heteroatoms. The number of nitrogens with two attached hydrogens (primary N) is 1. The summed E-state index contributed by atoms with van der Waals surface area (Å²) in [6.07, 6.45) is 2.43. The average molecular weight is 352 g/mol. The molecule has 0 spiro atoms. The van der Waals surface area contributed by atoms with Crippen LogP contribution in [-0.4, -0.2) is 17.0 Å². The fraction of sp³-hybridized carbons (Fsp3) is 0.600. The SMILES string of the molecule is Cc1nc(C)c(CN=C(N)NC2CC2)s1.I. The predicted molar refractivity (Wildman–Crippen MR) is 78.5 cm³/mol. The Balaban J connectivity index is 0.00000128. The van der Waals surface area contributed by atoms with Crippen molar-refractivity contribution in [3.05, 3.63) is 15.6 Å². The number of aliphatic imine (C=N–C) groups is 1. The highest BCUT2D eigenvalue weighted by atomic mass is 127. The number of halogens is 1. The lowest BCUT2D eigenvalue weighted by Crippen LogP contribution is -2.33. The summed E-state index contributed by atoms with van der Waals surface area (Å²) in [6, 6.07) is 0.568. The second-order valence-corrected chi connectivity index (χ2v) is 5.15. The summed E-state index contributed by atoms with van der Waals surface area (Å²) in [7, 11) is 0. The van der Waals surface area contributed by atoms with Crippen molar-refractivity contribution in [3.8, 4) is 0 Å².